The Morgan fingerprint density at radius 2 is 2.00 bits per heavy atom. The molecule has 0 bridgehead atoms. The zero-order valence-corrected chi connectivity index (χ0v) is 14.3. The number of hydrogen-bond donors (Lipinski definition) is 3. The zero-order chi connectivity index (χ0) is 19.8. The largest absolute Gasteiger partial charge is 0.451 e. The number of aliphatic hydroxyl groups excluding tert-OH is 2. The Labute approximate surface area is 155 Å². The summed E-state index contributed by atoms with van der Waals surface area (Å²) in [5.74, 6) is -3.92. The Hall–Kier alpha value is -2.53. The molecule has 1 aliphatic heterocycles. The number of nitrogens with zero attached hydrogens (tertiary/aromatic N) is 1. The lowest BCUT2D eigenvalue weighted by Gasteiger charge is -2.22. The molecule has 144 valence electrons. The molecule has 1 aliphatic rings. The highest BCUT2D eigenvalue weighted by Gasteiger charge is 2.58. The number of halogens is 2. The van der Waals surface area contributed by atoms with Crippen LogP contribution in [0, 0.1) is 0 Å². The topological polar surface area (TPSA) is 131 Å². The van der Waals surface area contributed by atoms with Gasteiger partial charge in [0.2, 0.25) is 0 Å². The highest BCUT2D eigenvalue weighted by atomic mass is 35.5. The second kappa shape index (κ2) is 7.24. The number of rotatable bonds is 4. The lowest BCUT2D eigenvalue weighted by molar-refractivity contribution is -0.207. The van der Waals surface area contributed by atoms with Crippen molar-refractivity contribution in [2.45, 2.75) is 24.3 Å². The predicted molar refractivity (Wildman–Crippen MR) is 89.0 cm³/mol. The highest BCUT2D eigenvalue weighted by molar-refractivity contribution is 6.30. The van der Waals surface area contributed by atoms with E-state index < -0.39 is 48.1 Å². The number of aromatic amines is 1. The summed E-state index contributed by atoms with van der Waals surface area (Å²) in [5.41, 5.74) is -1.63. The molecule has 2 aromatic rings. The van der Waals surface area contributed by atoms with Crippen molar-refractivity contribution in [1.82, 2.24) is 9.55 Å². The van der Waals surface area contributed by atoms with Crippen LogP contribution in [0.5, 0.6) is 0 Å². The maximum atomic E-state index is 14.6. The minimum Gasteiger partial charge on any atom is -0.451 e. The summed E-state index contributed by atoms with van der Waals surface area (Å²) in [6, 6.07) is 6.52. The summed E-state index contributed by atoms with van der Waals surface area (Å²) >= 11 is 5.74. The lowest BCUT2D eigenvalue weighted by atomic mass is 10.1. The summed E-state index contributed by atoms with van der Waals surface area (Å²) in [6.07, 6.45) is -4.42. The second-order valence-corrected chi connectivity index (χ2v) is 6.23. The maximum absolute atomic E-state index is 14.6. The number of aromatic nitrogens is 2. The van der Waals surface area contributed by atoms with E-state index in [0.717, 1.165) is 16.8 Å². The molecular formula is C16H14ClFN2O7. The molecule has 1 fully saturated rings. The number of ether oxygens (including phenoxy) is 2. The number of alkyl halides is 1. The Morgan fingerprint density at radius 3 is 2.59 bits per heavy atom. The van der Waals surface area contributed by atoms with Crippen LogP contribution in [0.15, 0.2) is 46.1 Å². The normalized spacial score (nSPS) is 27.5. The number of benzene rings is 1. The molecule has 11 heteroatoms. The molecule has 0 aliphatic carbocycles. The van der Waals surface area contributed by atoms with Gasteiger partial charge in [-0.05, 0) is 24.3 Å². The van der Waals surface area contributed by atoms with Gasteiger partial charge in [-0.2, -0.15) is 0 Å². The van der Waals surface area contributed by atoms with E-state index in [1.54, 1.807) is 0 Å². The third kappa shape index (κ3) is 3.65. The average Bonchev–Trinajstić information content (AvgIpc) is 2.88. The first-order valence-electron chi connectivity index (χ1n) is 7.69. The molecule has 1 aromatic heterocycles. The number of hydrogen-bond acceptors (Lipinski definition) is 7. The molecule has 1 saturated heterocycles. The maximum Gasteiger partial charge on any atom is 0.338 e. The predicted octanol–water partition coefficient (Wildman–Crippen LogP) is -0.0366. The van der Waals surface area contributed by atoms with Crippen LogP contribution in [-0.2, 0) is 9.47 Å². The first-order valence-corrected chi connectivity index (χ1v) is 8.06. The van der Waals surface area contributed by atoms with Gasteiger partial charge < -0.3 is 19.7 Å². The van der Waals surface area contributed by atoms with Crippen molar-refractivity contribution >= 4 is 17.6 Å². The second-order valence-electron chi connectivity index (χ2n) is 5.79. The van der Waals surface area contributed by atoms with Gasteiger partial charge in [-0.15, -0.1) is 0 Å². The van der Waals surface area contributed by atoms with Gasteiger partial charge in [0.15, 0.2) is 18.4 Å². The first kappa shape index (κ1) is 19.2. The molecule has 0 saturated carbocycles. The van der Waals surface area contributed by atoms with Crippen LogP contribution in [-0.4, -0.2) is 50.4 Å². The summed E-state index contributed by atoms with van der Waals surface area (Å²) in [5, 5.41) is 19.8. The van der Waals surface area contributed by atoms with Crippen LogP contribution in [0.1, 0.15) is 16.6 Å². The molecule has 9 nitrogen and oxygen atoms in total. The van der Waals surface area contributed by atoms with Gasteiger partial charge in [0.1, 0.15) is 6.61 Å². The molecule has 0 radical (unpaired) electrons. The lowest BCUT2D eigenvalue weighted by Crippen LogP contribution is -2.44. The van der Waals surface area contributed by atoms with E-state index in [1.165, 1.54) is 24.3 Å². The minimum atomic E-state index is -2.98. The number of H-pyrrole nitrogens is 1. The molecule has 0 spiro atoms. The van der Waals surface area contributed by atoms with E-state index in [-0.39, 0.29) is 5.56 Å². The van der Waals surface area contributed by atoms with Crippen LogP contribution in [0.4, 0.5) is 4.39 Å². The molecule has 2 heterocycles. The van der Waals surface area contributed by atoms with Gasteiger partial charge in [0.25, 0.3) is 11.4 Å². The van der Waals surface area contributed by atoms with Crippen molar-refractivity contribution < 1.29 is 28.9 Å². The van der Waals surface area contributed by atoms with Gasteiger partial charge >= 0.3 is 11.7 Å². The van der Waals surface area contributed by atoms with Gasteiger partial charge in [0.05, 0.1) is 5.56 Å². The number of aliphatic hydroxyl groups is 2. The van der Waals surface area contributed by atoms with E-state index in [4.69, 9.17) is 21.1 Å². The molecule has 1 aromatic carbocycles. The number of carbonyl (C=O) groups is 1. The molecule has 3 rings (SSSR count). The number of nitrogens with one attached hydrogen (secondary N) is 1. The fourth-order valence-corrected chi connectivity index (χ4v) is 2.74. The first-order chi connectivity index (χ1) is 12.7. The quantitative estimate of drug-likeness (QED) is 0.614. The van der Waals surface area contributed by atoms with Gasteiger partial charge in [0, 0.05) is 17.3 Å². The van der Waals surface area contributed by atoms with Gasteiger partial charge in [-0.25, -0.2) is 14.0 Å². The zero-order valence-electron chi connectivity index (χ0n) is 13.5. The van der Waals surface area contributed by atoms with Crippen LogP contribution >= 0.6 is 11.6 Å². The Bertz CT molecular complexity index is 960. The summed E-state index contributed by atoms with van der Waals surface area (Å²) in [4.78, 5) is 37.4. The molecule has 27 heavy (non-hydrogen) atoms. The summed E-state index contributed by atoms with van der Waals surface area (Å²) in [7, 11) is 0. The number of carbonyl (C=O) groups excluding carboxylic acids is 1. The van der Waals surface area contributed by atoms with Gasteiger partial charge in [-0.3, -0.25) is 14.3 Å². The average molecular weight is 401 g/mol. The Kier molecular flexibility index (Phi) is 5.16. The standard InChI is InChI=1S/C16H14ClFN2O7/c17-9-3-1-8(2-4-9)14(24)26-11-12(23)16(18,7-21)27-13(11)20-6-5-10(22)19-15(20)25/h1-6,11-13,21,23H,7H2,(H,19,22,25)/t11-,12+,13-,16-/m1/s1. The number of esters is 1. The van der Waals surface area contributed by atoms with Crippen molar-refractivity contribution in [3.63, 3.8) is 0 Å². The molecule has 0 unspecified atom stereocenters. The minimum absolute atomic E-state index is 0.0551. The smallest absolute Gasteiger partial charge is 0.338 e. The van der Waals surface area contributed by atoms with E-state index in [0.29, 0.717) is 5.02 Å². The van der Waals surface area contributed by atoms with Crippen LogP contribution < -0.4 is 11.2 Å². The van der Waals surface area contributed by atoms with Crippen molar-refractivity contribution in [1.29, 1.82) is 0 Å². The SMILES string of the molecule is O=C(O[C@H]1[C@H](n2ccc(=O)[nH]c2=O)O[C@](F)(CO)[C@H]1O)c1ccc(Cl)cc1. The summed E-state index contributed by atoms with van der Waals surface area (Å²) in [6.45, 7) is -1.25. The Morgan fingerprint density at radius 1 is 1.33 bits per heavy atom. The highest BCUT2D eigenvalue weighted by Crippen LogP contribution is 2.39. The molecule has 0 amide bonds. The third-order valence-corrected chi connectivity index (χ3v) is 4.27. The van der Waals surface area contributed by atoms with Crippen molar-refractivity contribution in [3.05, 3.63) is 68.0 Å². The van der Waals surface area contributed by atoms with Crippen molar-refractivity contribution in [2.24, 2.45) is 0 Å². The van der Waals surface area contributed by atoms with Crippen LogP contribution in [0.3, 0.4) is 0 Å². The van der Waals surface area contributed by atoms with Crippen LogP contribution in [0.25, 0.3) is 0 Å². The molecular weight excluding hydrogens is 387 g/mol. The Balaban J connectivity index is 1.95. The van der Waals surface area contributed by atoms with Crippen molar-refractivity contribution in [2.75, 3.05) is 6.61 Å². The fraction of sp³-hybridized carbons (Fsp3) is 0.312. The van der Waals surface area contributed by atoms with Crippen molar-refractivity contribution in [3.8, 4) is 0 Å². The van der Waals surface area contributed by atoms with E-state index in [1.807, 2.05) is 4.98 Å². The fourth-order valence-electron chi connectivity index (χ4n) is 2.61. The van der Waals surface area contributed by atoms with E-state index in [2.05, 4.69) is 0 Å². The summed E-state index contributed by atoms with van der Waals surface area (Å²) < 4.78 is 25.5. The van der Waals surface area contributed by atoms with Crippen LogP contribution in [0.2, 0.25) is 5.02 Å². The van der Waals surface area contributed by atoms with E-state index in [9.17, 15) is 29.0 Å². The monoisotopic (exact) mass is 400 g/mol. The van der Waals surface area contributed by atoms with Gasteiger partial charge in [-0.1, -0.05) is 11.6 Å². The third-order valence-electron chi connectivity index (χ3n) is 4.01. The molecule has 3 N–H and O–H groups in total. The van der Waals surface area contributed by atoms with E-state index >= 15 is 0 Å². The molecule has 4 atom stereocenters.